The van der Waals surface area contributed by atoms with E-state index in [0.717, 1.165) is 6.21 Å². The Morgan fingerprint density at radius 1 is 0.730 bits per heavy atom. The van der Waals surface area contributed by atoms with E-state index in [1.165, 1.54) is 0 Å². The normalized spacial score (nSPS) is 40.3. The zero-order valence-corrected chi connectivity index (χ0v) is 20.4. The SMILES string of the molecule is CCO/N=C/C(O)[C@H](O)[C@H](O)C(O)CO[C@H]1OC(CO[C@H]2OC(CC)[C@@H](O)[C@@H](O)C2O)[C@@H](O)[C@@H](O)C1O. The third-order valence-corrected chi connectivity index (χ3v) is 6.11. The number of ether oxygens (including phenoxy) is 4. The van der Waals surface area contributed by atoms with Crippen LogP contribution in [-0.2, 0) is 23.8 Å². The van der Waals surface area contributed by atoms with Gasteiger partial charge in [0, 0.05) is 0 Å². The van der Waals surface area contributed by atoms with Crippen molar-refractivity contribution in [3.63, 3.8) is 0 Å². The summed E-state index contributed by atoms with van der Waals surface area (Å²) >= 11 is 0. The Hall–Kier alpha value is -1.09. The molecule has 0 aliphatic carbocycles. The molecule has 218 valence electrons. The van der Waals surface area contributed by atoms with Gasteiger partial charge in [0.05, 0.1) is 25.5 Å². The molecule has 0 aromatic carbocycles. The van der Waals surface area contributed by atoms with Crippen LogP contribution in [0.5, 0.6) is 0 Å². The van der Waals surface area contributed by atoms with Gasteiger partial charge in [0.2, 0.25) is 0 Å². The molecule has 2 heterocycles. The van der Waals surface area contributed by atoms with Crippen LogP contribution in [0.25, 0.3) is 0 Å². The molecule has 10 N–H and O–H groups in total. The lowest BCUT2D eigenvalue weighted by molar-refractivity contribution is -0.331. The van der Waals surface area contributed by atoms with Gasteiger partial charge in [-0.3, -0.25) is 0 Å². The molecule has 0 spiro atoms. The van der Waals surface area contributed by atoms with E-state index < -0.39 is 99.0 Å². The minimum Gasteiger partial charge on any atom is -0.396 e. The van der Waals surface area contributed by atoms with E-state index in [-0.39, 0.29) is 6.61 Å². The van der Waals surface area contributed by atoms with Gasteiger partial charge in [0.25, 0.3) is 0 Å². The monoisotopic (exact) mass is 545 g/mol. The highest BCUT2D eigenvalue weighted by Crippen LogP contribution is 2.27. The van der Waals surface area contributed by atoms with Gasteiger partial charge in [-0.05, 0) is 13.3 Å². The fourth-order valence-corrected chi connectivity index (χ4v) is 3.76. The van der Waals surface area contributed by atoms with Crippen molar-refractivity contribution in [1.29, 1.82) is 0 Å². The Labute approximate surface area is 212 Å². The lowest BCUT2D eigenvalue weighted by Gasteiger charge is -2.43. The molecule has 0 aromatic heterocycles. The molecule has 6 unspecified atom stereocenters. The second-order valence-corrected chi connectivity index (χ2v) is 8.82. The number of nitrogens with zero attached hydrogens (tertiary/aromatic N) is 1. The van der Waals surface area contributed by atoms with Crippen molar-refractivity contribution < 1.29 is 74.9 Å². The molecule has 0 aromatic rings. The summed E-state index contributed by atoms with van der Waals surface area (Å²) in [6, 6.07) is 0. The van der Waals surface area contributed by atoms with Crippen molar-refractivity contribution in [3.05, 3.63) is 0 Å². The second kappa shape index (κ2) is 14.9. The number of rotatable bonds is 13. The molecule has 14 atom stereocenters. The molecular formula is C21H39NO15. The van der Waals surface area contributed by atoms with Gasteiger partial charge in [0.1, 0.15) is 73.8 Å². The van der Waals surface area contributed by atoms with Crippen molar-refractivity contribution >= 4 is 6.21 Å². The molecular weight excluding hydrogens is 506 g/mol. The Bertz CT molecular complexity index is 686. The van der Waals surface area contributed by atoms with Crippen LogP contribution in [0, 0.1) is 0 Å². The largest absolute Gasteiger partial charge is 0.396 e. The molecule has 0 bridgehead atoms. The van der Waals surface area contributed by atoms with Crippen LogP contribution in [0.4, 0.5) is 0 Å². The maximum atomic E-state index is 10.3. The average Bonchev–Trinajstić information content (AvgIpc) is 2.89. The molecule has 16 nitrogen and oxygen atoms in total. The Kier molecular flexibility index (Phi) is 12.9. The highest BCUT2D eigenvalue weighted by Gasteiger charge is 2.47. The smallest absolute Gasteiger partial charge is 0.186 e. The van der Waals surface area contributed by atoms with Gasteiger partial charge in [0.15, 0.2) is 12.6 Å². The van der Waals surface area contributed by atoms with Gasteiger partial charge in [-0.2, -0.15) is 0 Å². The summed E-state index contributed by atoms with van der Waals surface area (Å²) < 4.78 is 21.5. The number of hydrogen-bond acceptors (Lipinski definition) is 16. The first-order chi connectivity index (χ1) is 17.4. The van der Waals surface area contributed by atoms with Crippen LogP contribution >= 0.6 is 0 Å². The molecule has 37 heavy (non-hydrogen) atoms. The summed E-state index contributed by atoms with van der Waals surface area (Å²) in [6.07, 6.45) is -21.2. The maximum absolute atomic E-state index is 10.3. The van der Waals surface area contributed by atoms with Crippen molar-refractivity contribution in [2.45, 2.75) is 106 Å². The number of oxime groups is 1. The van der Waals surface area contributed by atoms with Crippen LogP contribution in [0.1, 0.15) is 20.3 Å². The van der Waals surface area contributed by atoms with Crippen LogP contribution in [-0.4, -0.2) is 163 Å². The summed E-state index contributed by atoms with van der Waals surface area (Å²) in [4.78, 5) is 4.63. The van der Waals surface area contributed by atoms with E-state index in [1.807, 2.05) is 0 Å². The summed E-state index contributed by atoms with van der Waals surface area (Å²) in [6.45, 7) is 2.27. The molecule has 2 fully saturated rings. The van der Waals surface area contributed by atoms with Gasteiger partial charge in [-0.25, -0.2) is 0 Å². The van der Waals surface area contributed by atoms with Gasteiger partial charge in [-0.15, -0.1) is 0 Å². The Balaban J connectivity index is 1.93. The van der Waals surface area contributed by atoms with Gasteiger partial charge < -0.3 is 74.9 Å². The van der Waals surface area contributed by atoms with Crippen molar-refractivity contribution in [2.75, 3.05) is 19.8 Å². The zero-order chi connectivity index (χ0) is 27.9. The molecule has 16 heteroatoms. The van der Waals surface area contributed by atoms with E-state index in [4.69, 9.17) is 18.9 Å². The van der Waals surface area contributed by atoms with E-state index in [0.29, 0.717) is 6.42 Å². The molecule has 2 saturated heterocycles. The second-order valence-electron chi connectivity index (χ2n) is 8.82. The molecule has 0 radical (unpaired) electrons. The Morgan fingerprint density at radius 3 is 1.84 bits per heavy atom. The lowest BCUT2D eigenvalue weighted by atomic mass is 9.97. The van der Waals surface area contributed by atoms with Crippen molar-refractivity contribution in [2.24, 2.45) is 5.16 Å². The minimum absolute atomic E-state index is 0.202. The molecule has 0 amide bonds. The summed E-state index contributed by atoms with van der Waals surface area (Å²) in [7, 11) is 0. The van der Waals surface area contributed by atoms with E-state index >= 15 is 0 Å². The first kappa shape index (κ1) is 32.1. The predicted octanol–water partition coefficient (Wildman–Crippen LogP) is -5.49. The summed E-state index contributed by atoms with van der Waals surface area (Å²) in [5.41, 5.74) is 0. The van der Waals surface area contributed by atoms with E-state index in [1.54, 1.807) is 13.8 Å². The third kappa shape index (κ3) is 8.20. The molecule has 0 saturated carbocycles. The fraction of sp³-hybridized carbons (Fsp3) is 0.952. The van der Waals surface area contributed by atoms with Crippen LogP contribution in [0.15, 0.2) is 5.16 Å². The fourth-order valence-electron chi connectivity index (χ4n) is 3.76. The van der Waals surface area contributed by atoms with Gasteiger partial charge in [-0.1, -0.05) is 12.1 Å². The van der Waals surface area contributed by atoms with E-state index in [9.17, 15) is 51.1 Å². The van der Waals surface area contributed by atoms with Crippen LogP contribution in [0.2, 0.25) is 0 Å². The highest BCUT2D eigenvalue weighted by molar-refractivity contribution is 5.62. The molecule has 2 aliphatic heterocycles. The third-order valence-electron chi connectivity index (χ3n) is 6.11. The van der Waals surface area contributed by atoms with Crippen LogP contribution in [0.3, 0.4) is 0 Å². The number of aliphatic hydroxyl groups excluding tert-OH is 10. The molecule has 2 rings (SSSR count). The topological polar surface area (TPSA) is 261 Å². The summed E-state index contributed by atoms with van der Waals surface area (Å²) in [5.74, 6) is 0. The number of aliphatic hydroxyl groups is 10. The molecule has 2 aliphatic rings. The van der Waals surface area contributed by atoms with Crippen LogP contribution < -0.4 is 0 Å². The quantitative estimate of drug-likeness (QED) is 0.0764. The van der Waals surface area contributed by atoms with Crippen molar-refractivity contribution in [3.8, 4) is 0 Å². The average molecular weight is 546 g/mol. The summed E-state index contributed by atoms with van der Waals surface area (Å²) in [5, 5.41) is 104. The first-order valence-electron chi connectivity index (χ1n) is 11.9. The lowest BCUT2D eigenvalue weighted by Crippen LogP contribution is -2.61. The minimum atomic E-state index is -1.92. The van der Waals surface area contributed by atoms with Gasteiger partial charge >= 0.3 is 0 Å². The Morgan fingerprint density at radius 2 is 1.27 bits per heavy atom. The zero-order valence-electron chi connectivity index (χ0n) is 20.4. The predicted molar refractivity (Wildman–Crippen MR) is 120 cm³/mol. The highest BCUT2D eigenvalue weighted by atomic mass is 16.7. The number of hydrogen-bond donors (Lipinski definition) is 10. The standard InChI is InChI=1S/C21H39NO15/c1-3-10-14(27)16(29)18(31)21(36-10)34-7-11-15(28)17(30)19(32)20(37-11)33-6-9(24)13(26)12(25)8(23)5-22-35-4-2/h5,8-21,23-32H,3-4,6-7H2,1-2H3/b22-5+/t8?,9?,10?,11?,12-,13+,14+,15+,16+,17+,18?,19?,20-,21-/m0/s1. The maximum Gasteiger partial charge on any atom is 0.186 e. The van der Waals surface area contributed by atoms with E-state index in [2.05, 4.69) is 9.99 Å². The van der Waals surface area contributed by atoms with Crippen molar-refractivity contribution in [1.82, 2.24) is 0 Å². The first-order valence-corrected chi connectivity index (χ1v) is 11.9.